The molecule has 0 fully saturated rings. The number of halogens is 3. The second-order valence-corrected chi connectivity index (χ2v) is 8.70. The monoisotopic (exact) mass is 384 g/mol. The Morgan fingerprint density at radius 2 is 1.32 bits per heavy atom. The topological polar surface area (TPSA) is 112 Å². The molecule has 0 bridgehead atoms. The molecule has 0 aliphatic rings. The fraction of sp³-hybridized carbons (Fsp3) is 0.400. The Morgan fingerprint density at radius 1 is 1.05 bits per heavy atom. The lowest BCUT2D eigenvalue weighted by molar-refractivity contribution is -0.0517. The van der Waals surface area contributed by atoms with Crippen LogP contribution in [0.2, 0.25) is 0 Å². The van der Waals surface area contributed by atoms with Crippen molar-refractivity contribution in [1.29, 1.82) is 0 Å². The highest BCUT2D eigenvalue weighted by Crippen LogP contribution is 2.20. The molecule has 0 unspecified atom stereocenters. The van der Waals surface area contributed by atoms with Crippen LogP contribution in [0.25, 0.3) is 0 Å². The van der Waals surface area contributed by atoms with Gasteiger partial charge in [-0.2, -0.15) is 21.6 Å². The van der Waals surface area contributed by atoms with Crippen molar-refractivity contribution in [3.8, 4) is 0 Å². The first kappa shape index (κ1) is 23.4. The van der Waals surface area contributed by atoms with E-state index >= 15 is 0 Å². The number of benzene rings is 1. The van der Waals surface area contributed by atoms with Gasteiger partial charge in [-0.1, -0.05) is 18.2 Å². The molecule has 6 nitrogen and oxygen atoms in total. The largest absolute Gasteiger partial charge is 0.741 e. The molecule has 0 amide bonds. The molecule has 0 aromatic heterocycles. The summed E-state index contributed by atoms with van der Waals surface area (Å²) < 4.78 is 84.8. The molecule has 12 heteroatoms. The Bertz CT molecular complexity index is 616. The van der Waals surface area contributed by atoms with Crippen LogP contribution in [0.5, 0.6) is 0 Å². The van der Waals surface area contributed by atoms with Gasteiger partial charge in [0.25, 0.3) is 10.1 Å². The summed E-state index contributed by atoms with van der Waals surface area (Å²) in [5.41, 5.74) is -5.65. The molecule has 0 atom stereocenters. The summed E-state index contributed by atoms with van der Waals surface area (Å²) in [6.07, 6.45) is 5.18. The average Bonchev–Trinajstić information content (AvgIpc) is 2.26. The van der Waals surface area contributed by atoms with Crippen LogP contribution >= 0.6 is 0 Å². The summed E-state index contributed by atoms with van der Waals surface area (Å²) in [5, 5.41) is 0. The van der Waals surface area contributed by atoms with Crippen LogP contribution in [0.1, 0.15) is 0 Å². The van der Waals surface area contributed by atoms with Gasteiger partial charge in [0.05, 0.1) is 6.26 Å². The first-order valence-electron chi connectivity index (χ1n) is 5.13. The van der Waals surface area contributed by atoms with E-state index < -0.39 is 25.7 Å². The van der Waals surface area contributed by atoms with Gasteiger partial charge in [-0.05, 0) is 12.1 Å². The van der Waals surface area contributed by atoms with Gasteiger partial charge in [0.1, 0.15) is 12.5 Å². The maximum Gasteiger partial charge on any atom is 0.485 e. The van der Waals surface area contributed by atoms with Crippen LogP contribution in [-0.2, 0) is 31.1 Å². The molecule has 1 N–H and O–H groups in total. The minimum atomic E-state index is -6.09. The SMILES string of the molecule is CS(=O)(=O)O.C[S+](C)c1ccccc1.O=S(=O)([O-])C(F)(F)F. The lowest BCUT2D eigenvalue weighted by Crippen LogP contribution is -2.21. The van der Waals surface area contributed by atoms with Crippen LogP contribution in [0.4, 0.5) is 13.2 Å². The third-order valence-electron chi connectivity index (χ3n) is 1.50. The number of rotatable bonds is 1. The zero-order chi connectivity index (χ0) is 18.2. The maximum atomic E-state index is 10.7. The molecule has 0 saturated heterocycles. The molecule has 0 radical (unpaired) electrons. The van der Waals surface area contributed by atoms with E-state index in [1.54, 1.807) is 0 Å². The Balaban J connectivity index is 0. The molecule has 130 valence electrons. The zero-order valence-corrected chi connectivity index (χ0v) is 14.2. The lowest BCUT2D eigenvalue weighted by Gasteiger charge is -2.08. The quantitative estimate of drug-likeness (QED) is 0.446. The fourth-order valence-corrected chi connectivity index (χ4v) is 1.39. The molecular weight excluding hydrogens is 369 g/mol. The van der Waals surface area contributed by atoms with E-state index in [1.807, 2.05) is 0 Å². The van der Waals surface area contributed by atoms with Crippen molar-refractivity contribution in [1.82, 2.24) is 0 Å². The standard InChI is InChI=1S/C8H11S.CHF3O3S.CH4O3S/c1-9(2)8-6-4-3-5-7-8;2-1(3,4)8(5,6)7;1-5(2,3)4/h3-7H,1-2H3;(H,5,6,7);1H3,(H,2,3,4)/q+1;;/p-1. The van der Waals surface area contributed by atoms with E-state index in [1.165, 1.54) is 4.90 Å². The van der Waals surface area contributed by atoms with Crippen molar-refractivity contribution >= 4 is 31.1 Å². The van der Waals surface area contributed by atoms with Crippen LogP contribution < -0.4 is 0 Å². The maximum absolute atomic E-state index is 10.7. The van der Waals surface area contributed by atoms with E-state index in [2.05, 4.69) is 42.8 Å². The number of hydrogen-bond acceptors (Lipinski definition) is 5. The van der Waals surface area contributed by atoms with Crippen molar-refractivity contribution in [3.63, 3.8) is 0 Å². The number of alkyl halides is 3. The normalized spacial score (nSPS) is 11.9. The highest BCUT2D eigenvalue weighted by atomic mass is 32.2. The van der Waals surface area contributed by atoms with Crippen molar-refractivity contribution in [2.24, 2.45) is 0 Å². The molecule has 0 aliphatic carbocycles. The summed E-state index contributed by atoms with van der Waals surface area (Å²) in [6.45, 7) is 0. The third-order valence-corrected chi connectivity index (χ3v) is 3.28. The molecule has 22 heavy (non-hydrogen) atoms. The van der Waals surface area contributed by atoms with Crippen LogP contribution in [0, 0.1) is 0 Å². The molecule has 0 heterocycles. The van der Waals surface area contributed by atoms with Crippen molar-refractivity contribution in [3.05, 3.63) is 30.3 Å². The third kappa shape index (κ3) is 15.6. The smallest absolute Gasteiger partial charge is 0.485 e. The molecular formula is C10H15F3O6S3. The van der Waals surface area contributed by atoms with Crippen molar-refractivity contribution < 1.29 is 39.1 Å². The Labute approximate surface area is 130 Å². The first-order valence-corrected chi connectivity index (χ1v) is 10.4. The molecule has 0 spiro atoms. The summed E-state index contributed by atoms with van der Waals surface area (Å²) >= 11 is 0. The van der Waals surface area contributed by atoms with Gasteiger partial charge in [-0.15, -0.1) is 0 Å². The molecule has 1 rings (SSSR count). The van der Waals surface area contributed by atoms with Gasteiger partial charge in [0.15, 0.2) is 15.0 Å². The van der Waals surface area contributed by atoms with Crippen LogP contribution in [-0.4, -0.2) is 50.2 Å². The molecule has 0 aliphatic heterocycles. The molecule has 1 aromatic rings. The second-order valence-electron chi connectivity index (χ2n) is 3.76. The van der Waals surface area contributed by atoms with E-state index in [-0.39, 0.29) is 0 Å². The van der Waals surface area contributed by atoms with Gasteiger partial charge in [-0.3, -0.25) is 4.55 Å². The molecule has 1 aromatic carbocycles. The van der Waals surface area contributed by atoms with E-state index in [0.29, 0.717) is 17.2 Å². The average molecular weight is 384 g/mol. The predicted molar refractivity (Wildman–Crippen MR) is 77.1 cm³/mol. The predicted octanol–water partition coefficient (Wildman–Crippen LogP) is 1.48. The minimum absolute atomic E-state index is 0.421. The van der Waals surface area contributed by atoms with Gasteiger partial charge in [0, 0.05) is 10.9 Å². The zero-order valence-electron chi connectivity index (χ0n) is 11.7. The van der Waals surface area contributed by atoms with Gasteiger partial charge in [-0.25, -0.2) is 8.42 Å². The highest BCUT2D eigenvalue weighted by molar-refractivity contribution is 7.95. The van der Waals surface area contributed by atoms with E-state index in [9.17, 15) is 21.6 Å². The summed E-state index contributed by atoms with van der Waals surface area (Å²) in [4.78, 5) is 1.44. The summed E-state index contributed by atoms with van der Waals surface area (Å²) in [5.74, 6) is 0. The van der Waals surface area contributed by atoms with Crippen LogP contribution in [0.3, 0.4) is 0 Å². The summed E-state index contributed by atoms with van der Waals surface area (Å²) in [6, 6.07) is 10.6. The Kier molecular flexibility index (Phi) is 9.96. The minimum Gasteiger partial charge on any atom is -0.741 e. The van der Waals surface area contributed by atoms with Gasteiger partial charge < -0.3 is 4.55 Å². The van der Waals surface area contributed by atoms with Crippen molar-refractivity contribution in [2.45, 2.75) is 10.4 Å². The highest BCUT2D eigenvalue weighted by Gasteiger charge is 2.36. The number of hydrogen-bond donors (Lipinski definition) is 1. The van der Waals surface area contributed by atoms with Gasteiger partial charge in [0.2, 0.25) is 0 Å². The lowest BCUT2D eigenvalue weighted by atomic mass is 10.4. The Morgan fingerprint density at radius 3 is 1.45 bits per heavy atom. The fourth-order valence-electron chi connectivity index (χ4n) is 0.693. The van der Waals surface area contributed by atoms with E-state index in [4.69, 9.17) is 17.5 Å². The van der Waals surface area contributed by atoms with Gasteiger partial charge >= 0.3 is 5.51 Å². The van der Waals surface area contributed by atoms with Crippen molar-refractivity contribution in [2.75, 3.05) is 18.8 Å². The molecule has 0 saturated carbocycles. The van der Waals surface area contributed by atoms with E-state index in [0.717, 1.165) is 0 Å². The first-order chi connectivity index (χ1) is 9.55. The summed E-state index contributed by atoms with van der Waals surface area (Å²) in [7, 11) is -9.34. The van der Waals surface area contributed by atoms with Crippen LogP contribution in [0.15, 0.2) is 35.2 Å². The second kappa shape index (κ2) is 9.35. The Hall–Kier alpha value is -0.820.